The third kappa shape index (κ3) is 1.07. The fraction of sp³-hybridized carbons (Fsp3) is 0.667. The summed E-state index contributed by atoms with van der Waals surface area (Å²) in [5.41, 5.74) is 5.25. The SMILES string of the molecule is CC1=NC(N)SN1. The third-order valence-electron chi connectivity index (χ3n) is 0.648. The number of nitrogens with zero attached hydrogens (tertiary/aromatic N) is 1. The molecule has 0 aromatic carbocycles. The number of aliphatic imine (C=N–C) groups is 1. The second-order valence-electron chi connectivity index (χ2n) is 1.32. The molecule has 7 heavy (non-hydrogen) atoms. The molecule has 0 saturated heterocycles. The van der Waals surface area contributed by atoms with Crippen molar-refractivity contribution in [2.24, 2.45) is 10.7 Å². The molecule has 0 spiro atoms. The minimum atomic E-state index is -0.0833. The fourth-order valence-corrected chi connectivity index (χ4v) is 0.944. The molecule has 1 atom stereocenters. The zero-order valence-corrected chi connectivity index (χ0v) is 4.83. The standard InChI is InChI=1S/C3H7N3S/c1-2-5-3(4)7-6-2/h3H,4H2,1H3,(H,5,6). The molecule has 0 radical (unpaired) electrons. The van der Waals surface area contributed by atoms with Gasteiger partial charge in [0.05, 0.1) is 0 Å². The maximum Gasteiger partial charge on any atom is 0.165 e. The molecule has 1 aliphatic heterocycles. The Morgan fingerprint density at radius 3 is 2.86 bits per heavy atom. The lowest BCUT2D eigenvalue weighted by atomic mass is 10.7. The Morgan fingerprint density at radius 1 is 2.00 bits per heavy atom. The van der Waals surface area contributed by atoms with E-state index in [9.17, 15) is 0 Å². The van der Waals surface area contributed by atoms with Gasteiger partial charge in [0, 0.05) is 0 Å². The molecule has 3 nitrogen and oxygen atoms in total. The van der Waals surface area contributed by atoms with Gasteiger partial charge >= 0.3 is 0 Å². The van der Waals surface area contributed by atoms with Crippen LogP contribution in [0.3, 0.4) is 0 Å². The van der Waals surface area contributed by atoms with Gasteiger partial charge in [0.1, 0.15) is 5.84 Å². The van der Waals surface area contributed by atoms with Gasteiger partial charge in [-0.1, -0.05) is 0 Å². The second-order valence-corrected chi connectivity index (χ2v) is 2.25. The lowest BCUT2D eigenvalue weighted by Crippen LogP contribution is -2.09. The Labute approximate surface area is 46.5 Å². The highest BCUT2D eigenvalue weighted by Crippen LogP contribution is 2.07. The normalized spacial score (nSPS) is 29.4. The third-order valence-corrected chi connectivity index (χ3v) is 1.41. The van der Waals surface area contributed by atoms with Gasteiger partial charge in [-0.25, -0.2) is 4.99 Å². The lowest BCUT2D eigenvalue weighted by Gasteiger charge is -1.89. The summed E-state index contributed by atoms with van der Waals surface area (Å²) in [6.45, 7) is 1.89. The highest BCUT2D eigenvalue weighted by molar-refractivity contribution is 7.98. The molecular weight excluding hydrogens is 110 g/mol. The Bertz CT molecular complexity index is 100. The van der Waals surface area contributed by atoms with Crippen LogP contribution in [0.25, 0.3) is 0 Å². The van der Waals surface area contributed by atoms with Crippen molar-refractivity contribution in [3.8, 4) is 0 Å². The number of nitrogens with one attached hydrogen (secondary N) is 1. The van der Waals surface area contributed by atoms with Crippen LogP contribution in [0.4, 0.5) is 0 Å². The van der Waals surface area contributed by atoms with Crippen LogP contribution in [0.1, 0.15) is 6.92 Å². The molecule has 0 aromatic heterocycles. The van der Waals surface area contributed by atoms with Crippen LogP contribution in [-0.2, 0) is 0 Å². The van der Waals surface area contributed by atoms with Crippen LogP contribution in [0.5, 0.6) is 0 Å². The minimum absolute atomic E-state index is 0.0833. The zero-order chi connectivity index (χ0) is 5.28. The molecule has 40 valence electrons. The summed E-state index contributed by atoms with van der Waals surface area (Å²) in [6.07, 6.45) is 0. The van der Waals surface area contributed by atoms with Crippen molar-refractivity contribution in [2.45, 2.75) is 12.4 Å². The molecule has 4 heteroatoms. The maximum absolute atomic E-state index is 5.34. The molecule has 3 N–H and O–H groups in total. The first kappa shape index (κ1) is 4.93. The van der Waals surface area contributed by atoms with E-state index in [4.69, 9.17) is 5.73 Å². The van der Waals surface area contributed by atoms with E-state index in [2.05, 4.69) is 9.71 Å². The Morgan fingerprint density at radius 2 is 2.71 bits per heavy atom. The minimum Gasteiger partial charge on any atom is -0.315 e. The van der Waals surface area contributed by atoms with E-state index in [0.29, 0.717) is 0 Å². The quantitative estimate of drug-likeness (QED) is 0.435. The van der Waals surface area contributed by atoms with E-state index in [1.807, 2.05) is 6.92 Å². The monoisotopic (exact) mass is 117 g/mol. The first-order chi connectivity index (χ1) is 3.29. The van der Waals surface area contributed by atoms with Crippen molar-refractivity contribution in [1.82, 2.24) is 4.72 Å². The predicted octanol–water partition coefficient (Wildman–Crippen LogP) is -0.102. The van der Waals surface area contributed by atoms with Gasteiger partial charge in [-0.05, 0) is 18.9 Å². The molecule has 1 rings (SSSR count). The van der Waals surface area contributed by atoms with E-state index in [-0.39, 0.29) is 5.50 Å². The van der Waals surface area contributed by atoms with Gasteiger partial charge < -0.3 is 4.72 Å². The van der Waals surface area contributed by atoms with Crippen molar-refractivity contribution in [1.29, 1.82) is 0 Å². The van der Waals surface area contributed by atoms with Gasteiger partial charge in [0.25, 0.3) is 0 Å². The average Bonchev–Trinajstić information content (AvgIpc) is 1.87. The molecule has 1 aliphatic rings. The Balaban J connectivity index is 2.50. The van der Waals surface area contributed by atoms with Gasteiger partial charge in [-0.3, -0.25) is 5.73 Å². The summed E-state index contributed by atoms with van der Waals surface area (Å²) in [5, 5.41) is 0. The van der Waals surface area contributed by atoms with E-state index < -0.39 is 0 Å². The number of nitrogens with two attached hydrogens (primary N) is 1. The van der Waals surface area contributed by atoms with E-state index in [1.54, 1.807) is 0 Å². The first-order valence-corrected chi connectivity index (χ1v) is 2.88. The molecule has 0 fully saturated rings. The second kappa shape index (κ2) is 1.71. The molecule has 0 aromatic rings. The smallest absolute Gasteiger partial charge is 0.165 e. The van der Waals surface area contributed by atoms with Crippen molar-refractivity contribution in [2.75, 3.05) is 0 Å². The van der Waals surface area contributed by atoms with Crippen molar-refractivity contribution < 1.29 is 0 Å². The van der Waals surface area contributed by atoms with Crippen LogP contribution in [0, 0.1) is 0 Å². The van der Waals surface area contributed by atoms with Crippen molar-refractivity contribution in [3.63, 3.8) is 0 Å². The summed E-state index contributed by atoms with van der Waals surface area (Å²) >= 11 is 1.43. The first-order valence-electron chi connectivity index (χ1n) is 2.00. The van der Waals surface area contributed by atoms with Crippen LogP contribution in [0.2, 0.25) is 0 Å². The van der Waals surface area contributed by atoms with Gasteiger partial charge in [0.2, 0.25) is 0 Å². The van der Waals surface area contributed by atoms with Gasteiger partial charge in [-0.15, -0.1) is 0 Å². The topological polar surface area (TPSA) is 50.4 Å². The summed E-state index contributed by atoms with van der Waals surface area (Å²) in [4.78, 5) is 3.94. The maximum atomic E-state index is 5.34. The van der Waals surface area contributed by atoms with E-state index in [1.165, 1.54) is 11.9 Å². The molecule has 0 bridgehead atoms. The van der Waals surface area contributed by atoms with Crippen LogP contribution in [0.15, 0.2) is 4.99 Å². The van der Waals surface area contributed by atoms with Crippen molar-refractivity contribution in [3.05, 3.63) is 0 Å². The largest absolute Gasteiger partial charge is 0.315 e. The molecule has 0 aliphatic carbocycles. The Hall–Kier alpha value is -0.220. The molecular formula is C3H7N3S. The number of hydrogen-bond acceptors (Lipinski definition) is 4. The van der Waals surface area contributed by atoms with Crippen LogP contribution < -0.4 is 10.5 Å². The lowest BCUT2D eigenvalue weighted by molar-refractivity contribution is 1.00. The van der Waals surface area contributed by atoms with E-state index in [0.717, 1.165) is 5.84 Å². The highest BCUT2D eigenvalue weighted by atomic mass is 32.2. The van der Waals surface area contributed by atoms with E-state index >= 15 is 0 Å². The number of hydrogen-bond donors (Lipinski definition) is 2. The molecule has 1 unspecified atom stereocenters. The summed E-state index contributed by atoms with van der Waals surface area (Å²) in [5.74, 6) is 0.914. The average molecular weight is 117 g/mol. The van der Waals surface area contributed by atoms with Crippen LogP contribution in [-0.4, -0.2) is 11.3 Å². The van der Waals surface area contributed by atoms with Crippen molar-refractivity contribution >= 4 is 17.8 Å². The van der Waals surface area contributed by atoms with Crippen LogP contribution >= 0.6 is 11.9 Å². The predicted molar refractivity (Wildman–Crippen MR) is 31.8 cm³/mol. The number of amidine groups is 1. The molecule has 1 heterocycles. The Kier molecular flexibility index (Phi) is 1.21. The molecule has 0 saturated carbocycles. The summed E-state index contributed by atoms with van der Waals surface area (Å²) in [7, 11) is 0. The van der Waals surface area contributed by atoms with Gasteiger partial charge in [0.15, 0.2) is 5.50 Å². The fourth-order valence-electron chi connectivity index (χ4n) is 0.389. The number of rotatable bonds is 0. The summed E-state index contributed by atoms with van der Waals surface area (Å²) in [6, 6.07) is 0. The highest BCUT2D eigenvalue weighted by Gasteiger charge is 2.07. The molecule has 0 amide bonds. The summed E-state index contributed by atoms with van der Waals surface area (Å²) < 4.78 is 2.91. The zero-order valence-electron chi connectivity index (χ0n) is 4.01. The van der Waals surface area contributed by atoms with Gasteiger partial charge in [-0.2, -0.15) is 0 Å².